The zero-order chi connectivity index (χ0) is 21.5. The highest BCUT2D eigenvalue weighted by Gasteiger charge is 2.10. The monoisotopic (exact) mass is 431 g/mol. The van der Waals surface area contributed by atoms with Crippen molar-refractivity contribution in [2.24, 2.45) is 5.10 Å². The van der Waals surface area contributed by atoms with Gasteiger partial charge in [0, 0.05) is 28.5 Å². The maximum absolute atomic E-state index is 12.2. The number of carbonyl (C=O) groups excluding carboxylic acids is 1. The van der Waals surface area contributed by atoms with Crippen LogP contribution in [0, 0.1) is 0 Å². The second-order valence-electron chi connectivity index (χ2n) is 6.55. The van der Waals surface area contributed by atoms with Crippen LogP contribution in [0.3, 0.4) is 0 Å². The topological polar surface area (TPSA) is 92.3 Å². The molecular weight excluding hydrogens is 414 g/mol. The third-order valence-electron chi connectivity index (χ3n) is 4.41. The van der Waals surface area contributed by atoms with E-state index in [0.717, 1.165) is 16.7 Å². The number of hydrogen-bond acceptors (Lipinski definition) is 5. The Morgan fingerprint density at radius 3 is 2.65 bits per heavy atom. The Hall–Kier alpha value is -3.97. The van der Waals surface area contributed by atoms with Crippen molar-refractivity contribution in [3.63, 3.8) is 0 Å². The van der Waals surface area contributed by atoms with Crippen LogP contribution in [0.15, 0.2) is 84.2 Å². The van der Waals surface area contributed by atoms with Gasteiger partial charge in [-0.05, 0) is 54.1 Å². The number of benzene rings is 2. The third kappa shape index (κ3) is 5.34. The van der Waals surface area contributed by atoms with E-state index in [1.807, 2.05) is 48.5 Å². The van der Waals surface area contributed by atoms with Crippen LogP contribution in [-0.4, -0.2) is 27.3 Å². The van der Waals surface area contributed by atoms with E-state index in [1.54, 1.807) is 30.6 Å². The molecule has 8 heteroatoms. The third-order valence-corrected chi connectivity index (χ3v) is 4.78. The van der Waals surface area contributed by atoms with E-state index in [1.165, 1.54) is 6.21 Å². The van der Waals surface area contributed by atoms with Crippen LogP contribution in [0.5, 0.6) is 5.75 Å². The van der Waals surface area contributed by atoms with E-state index in [-0.39, 0.29) is 5.91 Å². The summed E-state index contributed by atoms with van der Waals surface area (Å²) in [5.41, 5.74) is 6.01. The Labute approximate surface area is 183 Å². The number of amides is 1. The molecule has 0 aliphatic heterocycles. The summed E-state index contributed by atoms with van der Waals surface area (Å²) in [6.45, 7) is 0.381. The van der Waals surface area contributed by atoms with Gasteiger partial charge in [0.05, 0.1) is 11.9 Å². The van der Waals surface area contributed by atoms with Crippen LogP contribution in [0.4, 0.5) is 0 Å². The number of hydrazone groups is 1. The average Bonchev–Trinajstić information content (AvgIpc) is 3.30. The van der Waals surface area contributed by atoms with Crippen molar-refractivity contribution in [2.45, 2.75) is 6.61 Å². The second kappa shape index (κ2) is 9.69. The molecular formula is C23H18ClN5O2. The van der Waals surface area contributed by atoms with Gasteiger partial charge in [-0.2, -0.15) is 10.2 Å². The van der Waals surface area contributed by atoms with Gasteiger partial charge in [0.1, 0.15) is 18.1 Å². The zero-order valence-corrected chi connectivity index (χ0v) is 17.1. The van der Waals surface area contributed by atoms with Crippen molar-refractivity contribution < 1.29 is 9.53 Å². The number of H-pyrrole nitrogens is 1. The molecule has 2 aromatic heterocycles. The molecule has 0 radical (unpaired) electrons. The lowest BCUT2D eigenvalue weighted by atomic mass is 10.1. The van der Waals surface area contributed by atoms with E-state index in [4.69, 9.17) is 16.3 Å². The molecule has 4 rings (SSSR count). The molecule has 0 saturated heterocycles. The lowest BCUT2D eigenvalue weighted by molar-refractivity contribution is 0.0950. The van der Waals surface area contributed by atoms with Gasteiger partial charge in [0.25, 0.3) is 5.91 Å². The maximum Gasteiger partial charge on any atom is 0.289 e. The normalized spacial score (nSPS) is 10.9. The fraction of sp³-hybridized carbons (Fsp3) is 0.0435. The van der Waals surface area contributed by atoms with Crippen LogP contribution in [-0.2, 0) is 6.61 Å². The van der Waals surface area contributed by atoms with E-state index in [2.05, 4.69) is 25.7 Å². The lowest BCUT2D eigenvalue weighted by Gasteiger charge is -2.08. The number of aromatic nitrogens is 3. The standard InChI is InChI=1S/C23H18ClN5O2/c24-20-4-2-1-3-18(20)15-31-19-7-5-17(6-8-19)21-13-22(28-27-21)23(30)29-26-14-16-9-11-25-12-10-16/h1-14H,15H2,(H,27,28)(H,29,30)/b26-14+. The number of halogens is 1. The van der Waals surface area contributed by atoms with E-state index in [9.17, 15) is 4.79 Å². The first-order valence-electron chi connectivity index (χ1n) is 9.44. The minimum atomic E-state index is -0.385. The number of aromatic amines is 1. The molecule has 0 unspecified atom stereocenters. The summed E-state index contributed by atoms with van der Waals surface area (Å²) in [5.74, 6) is 0.325. The van der Waals surface area contributed by atoms with Gasteiger partial charge < -0.3 is 4.74 Å². The summed E-state index contributed by atoms with van der Waals surface area (Å²) in [5, 5.41) is 11.5. The highest BCUT2D eigenvalue weighted by Crippen LogP contribution is 2.23. The Morgan fingerprint density at radius 2 is 1.87 bits per heavy atom. The first-order chi connectivity index (χ1) is 15.2. The predicted molar refractivity (Wildman–Crippen MR) is 119 cm³/mol. The number of pyridine rings is 1. The lowest BCUT2D eigenvalue weighted by Crippen LogP contribution is -2.17. The van der Waals surface area contributed by atoms with Gasteiger partial charge in [-0.15, -0.1) is 0 Å². The van der Waals surface area contributed by atoms with E-state index in [0.29, 0.717) is 28.8 Å². The van der Waals surface area contributed by atoms with Crippen molar-refractivity contribution in [1.82, 2.24) is 20.6 Å². The molecule has 0 bridgehead atoms. The van der Waals surface area contributed by atoms with E-state index >= 15 is 0 Å². The average molecular weight is 432 g/mol. The van der Waals surface area contributed by atoms with Crippen LogP contribution in [0.1, 0.15) is 21.6 Å². The first kappa shape index (κ1) is 20.3. The molecule has 7 nitrogen and oxygen atoms in total. The predicted octanol–water partition coefficient (Wildman–Crippen LogP) is 4.47. The fourth-order valence-corrected chi connectivity index (χ4v) is 2.95. The van der Waals surface area contributed by atoms with Gasteiger partial charge >= 0.3 is 0 Å². The number of nitrogens with zero attached hydrogens (tertiary/aromatic N) is 3. The summed E-state index contributed by atoms with van der Waals surface area (Å²) in [7, 11) is 0. The van der Waals surface area contributed by atoms with Crippen molar-refractivity contribution in [1.29, 1.82) is 0 Å². The van der Waals surface area contributed by atoms with Crippen LogP contribution >= 0.6 is 11.6 Å². The van der Waals surface area contributed by atoms with Gasteiger partial charge in [0.2, 0.25) is 0 Å². The van der Waals surface area contributed by atoms with Gasteiger partial charge in [-0.3, -0.25) is 14.9 Å². The second-order valence-corrected chi connectivity index (χ2v) is 6.96. The summed E-state index contributed by atoms with van der Waals surface area (Å²) >= 11 is 6.15. The highest BCUT2D eigenvalue weighted by atomic mass is 35.5. The number of rotatable bonds is 7. The molecule has 154 valence electrons. The van der Waals surface area contributed by atoms with Crippen LogP contribution in [0.25, 0.3) is 11.3 Å². The van der Waals surface area contributed by atoms with Crippen molar-refractivity contribution in [3.05, 3.63) is 101 Å². The molecule has 4 aromatic rings. The molecule has 0 saturated carbocycles. The molecule has 2 N–H and O–H groups in total. The van der Waals surface area contributed by atoms with Crippen LogP contribution < -0.4 is 10.2 Å². The Bertz CT molecular complexity index is 1190. The van der Waals surface area contributed by atoms with Gasteiger partial charge in [-0.1, -0.05) is 29.8 Å². The van der Waals surface area contributed by atoms with Crippen molar-refractivity contribution in [3.8, 4) is 17.0 Å². The highest BCUT2D eigenvalue weighted by molar-refractivity contribution is 6.31. The molecule has 2 aromatic carbocycles. The Kier molecular flexibility index (Phi) is 6.35. The van der Waals surface area contributed by atoms with Crippen molar-refractivity contribution in [2.75, 3.05) is 0 Å². The fourth-order valence-electron chi connectivity index (χ4n) is 2.76. The maximum atomic E-state index is 12.2. The number of carbonyl (C=O) groups is 1. The first-order valence-corrected chi connectivity index (χ1v) is 9.82. The van der Waals surface area contributed by atoms with E-state index < -0.39 is 0 Å². The van der Waals surface area contributed by atoms with Crippen molar-refractivity contribution >= 4 is 23.7 Å². The minimum absolute atomic E-state index is 0.306. The summed E-state index contributed by atoms with van der Waals surface area (Å²) in [6, 6.07) is 20.2. The number of ether oxygens (including phenoxy) is 1. The van der Waals surface area contributed by atoms with Crippen LogP contribution in [0.2, 0.25) is 5.02 Å². The summed E-state index contributed by atoms with van der Waals surface area (Å²) in [4.78, 5) is 16.2. The van der Waals surface area contributed by atoms with Gasteiger partial charge in [0.15, 0.2) is 0 Å². The summed E-state index contributed by atoms with van der Waals surface area (Å²) in [6.07, 6.45) is 4.84. The quantitative estimate of drug-likeness (QED) is 0.333. The molecule has 2 heterocycles. The molecule has 0 aliphatic carbocycles. The minimum Gasteiger partial charge on any atom is -0.489 e. The molecule has 0 atom stereocenters. The SMILES string of the molecule is O=C(N/N=C/c1ccncc1)c1cc(-c2ccc(OCc3ccccc3Cl)cc2)n[nH]1. The molecule has 31 heavy (non-hydrogen) atoms. The smallest absolute Gasteiger partial charge is 0.289 e. The molecule has 0 aliphatic rings. The Balaban J connectivity index is 1.35. The number of hydrogen-bond donors (Lipinski definition) is 2. The Morgan fingerprint density at radius 1 is 1.10 bits per heavy atom. The summed E-state index contributed by atoms with van der Waals surface area (Å²) < 4.78 is 5.79. The largest absolute Gasteiger partial charge is 0.489 e. The molecule has 1 amide bonds. The van der Waals surface area contributed by atoms with Gasteiger partial charge in [-0.25, -0.2) is 5.43 Å². The number of nitrogens with one attached hydrogen (secondary N) is 2. The zero-order valence-electron chi connectivity index (χ0n) is 16.3. The molecule has 0 spiro atoms. The molecule has 0 fully saturated rings.